The zero-order valence-corrected chi connectivity index (χ0v) is 12.2. The minimum Gasteiger partial charge on any atom is -0.379 e. The van der Waals surface area contributed by atoms with E-state index in [1.54, 1.807) is 0 Å². The highest BCUT2D eigenvalue weighted by Gasteiger charge is 2.07. The summed E-state index contributed by atoms with van der Waals surface area (Å²) in [6, 6.07) is 8.29. The second-order valence-electron chi connectivity index (χ2n) is 4.78. The van der Waals surface area contributed by atoms with Gasteiger partial charge in [-0.05, 0) is 31.0 Å². The summed E-state index contributed by atoms with van der Waals surface area (Å²) in [7, 11) is 0. The van der Waals surface area contributed by atoms with Crippen LogP contribution in [0.3, 0.4) is 0 Å². The molecule has 4 heteroatoms. The van der Waals surface area contributed by atoms with E-state index < -0.39 is 0 Å². The maximum absolute atomic E-state index is 6.14. The maximum atomic E-state index is 6.14. The van der Waals surface area contributed by atoms with Crippen LogP contribution in [0.15, 0.2) is 24.3 Å². The number of unbranched alkanes of at least 4 members (excludes halogenated alkanes) is 1. The second-order valence-corrected chi connectivity index (χ2v) is 5.14. The van der Waals surface area contributed by atoms with Crippen LogP contribution >= 0.6 is 11.6 Å². The monoisotopic (exact) mass is 277 g/mol. The van der Waals surface area contributed by atoms with Gasteiger partial charge in [-0.25, -0.2) is 4.98 Å². The van der Waals surface area contributed by atoms with E-state index in [2.05, 4.69) is 47.3 Å². The van der Waals surface area contributed by atoms with Gasteiger partial charge >= 0.3 is 0 Å². The number of rotatable bonds is 6. The number of hydrogen-bond donors (Lipinski definition) is 2. The van der Waals surface area contributed by atoms with Crippen LogP contribution in [0.4, 0.5) is 5.69 Å². The van der Waals surface area contributed by atoms with E-state index in [0.29, 0.717) is 11.7 Å². The van der Waals surface area contributed by atoms with Gasteiger partial charge in [0, 0.05) is 12.1 Å². The zero-order valence-electron chi connectivity index (χ0n) is 11.5. The first-order valence-corrected chi connectivity index (χ1v) is 7.10. The molecule has 102 valence electrons. The van der Waals surface area contributed by atoms with Gasteiger partial charge in [-0.2, -0.15) is 0 Å². The molecule has 0 aliphatic heterocycles. The number of imidazole rings is 1. The number of nitrogens with zero attached hydrogens (tertiary/aromatic N) is 1. The fourth-order valence-corrected chi connectivity index (χ4v) is 2.18. The quantitative estimate of drug-likeness (QED) is 0.825. The molecule has 0 saturated carbocycles. The molecule has 0 bridgehead atoms. The van der Waals surface area contributed by atoms with Gasteiger partial charge in [-0.1, -0.05) is 37.1 Å². The number of halogens is 1. The summed E-state index contributed by atoms with van der Waals surface area (Å²) in [5.74, 6) is 0.980. The predicted octanol–water partition coefficient (Wildman–Crippen LogP) is 4.33. The SMILES string of the molecule is CCCCc1nc(Cl)c(CNc2cccc(C)c2)[nH]1. The van der Waals surface area contributed by atoms with E-state index in [9.17, 15) is 0 Å². The van der Waals surface area contributed by atoms with Crippen molar-refractivity contribution in [3.8, 4) is 0 Å². The molecule has 0 saturated heterocycles. The Bertz CT molecular complexity index is 534. The molecule has 2 aromatic rings. The van der Waals surface area contributed by atoms with Gasteiger partial charge in [-0.3, -0.25) is 0 Å². The Morgan fingerprint density at radius 3 is 2.95 bits per heavy atom. The molecule has 2 N–H and O–H groups in total. The molecule has 1 aromatic heterocycles. The third-order valence-corrected chi connectivity index (χ3v) is 3.34. The van der Waals surface area contributed by atoms with Crippen molar-refractivity contribution < 1.29 is 0 Å². The molecule has 2 rings (SSSR count). The predicted molar refractivity (Wildman–Crippen MR) is 80.7 cm³/mol. The molecular weight excluding hydrogens is 258 g/mol. The molecule has 0 aliphatic rings. The lowest BCUT2D eigenvalue weighted by molar-refractivity contribution is 0.760. The van der Waals surface area contributed by atoms with E-state index in [1.165, 1.54) is 5.56 Å². The van der Waals surface area contributed by atoms with Crippen LogP contribution in [0.25, 0.3) is 0 Å². The van der Waals surface area contributed by atoms with Crippen LogP contribution in [0.2, 0.25) is 5.15 Å². The molecule has 0 unspecified atom stereocenters. The van der Waals surface area contributed by atoms with E-state index in [1.807, 2.05) is 6.07 Å². The fraction of sp³-hybridized carbons (Fsp3) is 0.400. The van der Waals surface area contributed by atoms with Crippen molar-refractivity contribution >= 4 is 17.3 Å². The number of hydrogen-bond acceptors (Lipinski definition) is 2. The lowest BCUT2D eigenvalue weighted by Gasteiger charge is -2.05. The topological polar surface area (TPSA) is 40.7 Å². The van der Waals surface area contributed by atoms with Gasteiger partial charge in [0.15, 0.2) is 5.15 Å². The molecule has 0 radical (unpaired) electrons. The van der Waals surface area contributed by atoms with E-state index in [0.717, 1.165) is 36.5 Å². The summed E-state index contributed by atoms with van der Waals surface area (Å²) in [4.78, 5) is 7.64. The van der Waals surface area contributed by atoms with Crippen molar-refractivity contribution in [1.82, 2.24) is 9.97 Å². The summed E-state index contributed by atoms with van der Waals surface area (Å²) < 4.78 is 0. The Hall–Kier alpha value is -1.48. The van der Waals surface area contributed by atoms with Crippen LogP contribution in [0.5, 0.6) is 0 Å². The number of nitrogens with one attached hydrogen (secondary N) is 2. The molecule has 0 fully saturated rings. The Kier molecular flexibility index (Phi) is 4.86. The highest BCUT2D eigenvalue weighted by Crippen LogP contribution is 2.17. The van der Waals surface area contributed by atoms with Crippen LogP contribution in [-0.2, 0) is 13.0 Å². The summed E-state index contributed by atoms with van der Waals surface area (Å²) in [6.07, 6.45) is 3.25. The van der Waals surface area contributed by atoms with E-state index in [-0.39, 0.29) is 0 Å². The normalized spacial score (nSPS) is 10.7. The van der Waals surface area contributed by atoms with Gasteiger partial charge in [0.05, 0.1) is 12.2 Å². The third-order valence-electron chi connectivity index (χ3n) is 3.03. The van der Waals surface area contributed by atoms with Crippen LogP contribution in [0, 0.1) is 6.92 Å². The first kappa shape index (κ1) is 13.9. The van der Waals surface area contributed by atoms with Crippen LogP contribution < -0.4 is 5.32 Å². The van der Waals surface area contributed by atoms with Crippen molar-refractivity contribution in [2.45, 2.75) is 39.7 Å². The molecule has 1 heterocycles. The van der Waals surface area contributed by atoms with Gasteiger partial charge in [-0.15, -0.1) is 0 Å². The van der Waals surface area contributed by atoms with Gasteiger partial charge < -0.3 is 10.3 Å². The number of benzene rings is 1. The average Bonchev–Trinajstić information content (AvgIpc) is 2.75. The average molecular weight is 278 g/mol. The summed E-state index contributed by atoms with van der Waals surface area (Å²) >= 11 is 6.14. The van der Waals surface area contributed by atoms with Crippen molar-refractivity contribution in [3.63, 3.8) is 0 Å². The minimum atomic E-state index is 0.575. The molecule has 3 nitrogen and oxygen atoms in total. The number of aryl methyl sites for hydroxylation is 2. The molecule has 0 amide bonds. The minimum absolute atomic E-state index is 0.575. The first-order valence-electron chi connectivity index (χ1n) is 6.73. The molecule has 19 heavy (non-hydrogen) atoms. The van der Waals surface area contributed by atoms with E-state index in [4.69, 9.17) is 11.6 Å². The fourth-order valence-electron chi connectivity index (χ4n) is 1.96. The Balaban J connectivity index is 1.97. The molecule has 0 aliphatic carbocycles. The molecule has 1 aromatic carbocycles. The van der Waals surface area contributed by atoms with Crippen molar-refractivity contribution in [2.24, 2.45) is 0 Å². The summed E-state index contributed by atoms with van der Waals surface area (Å²) in [5.41, 5.74) is 3.29. The first-order chi connectivity index (χ1) is 9.19. The highest BCUT2D eigenvalue weighted by molar-refractivity contribution is 6.30. The van der Waals surface area contributed by atoms with Crippen LogP contribution in [0.1, 0.15) is 36.8 Å². The number of aromatic amines is 1. The van der Waals surface area contributed by atoms with Crippen molar-refractivity contribution in [1.29, 1.82) is 0 Å². The number of aromatic nitrogens is 2. The van der Waals surface area contributed by atoms with Crippen LogP contribution in [-0.4, -0.2) is 9.97 Å². The molecule has 0 atom stereocenters. The van der Waals surface area contributed by atoms with Gasteiger partial charge in [0.2, 0.25) is 0 Å². The Morgan fingerprint density at radius 2 is 2.21 bits per heavy atom. The van der Waals surface area contributed by atoms with Crippen molar-refractivity contribution in [2.75, 3.05) is 5.32 Å². The smallest absolute Gasteiger partial charge is 0.152 e. The summed E-state index contributed by atoms with van der Waals surface area (Å²) in [6.45, 7) is 4.92. The van der Waals surface area contributed by atoms with E-state index >= 15 is 0 Å². The third kappa shape index (κ3) is 4.00. The second kappa shape index (κ2) is 6.62. The number of H-pyrrole nitrogens is 1. The Labute approximate surface area is 119 Å². The summed E-state index contributed by atoms with van der Waals surface area (Å²) in [5, 5.41) is 3.93. The lowest BCUT2D eigenvalue weighted by Crippen LogP contribution is -2.00. The Morgan fingerprint density at radius 1 is 1.37 bits per heavy atom. The van der Waals surface area contributed by atoms with Gasteiger partial charge in [0.1, 0.15) is 5.82 Å². The standard InChI is InChI=1S/C15H20ClN3/c1-3-4-8-14-18-13(15(16)19-14)10-17-12-7-5-6-11(2)9-12/h5-7,9,17H,3-4,8,10H2,1-2H3,(H,18,19). The van der Waals surface area contributed by atoms with Gasteiger partial charge in [0.25, 0.3) is 0 Å². The zero-order chi connectivity index (χ0) is 13.7. The molecular formula is C15H20ClN3. The maximum Gasteiger partial charge on any atom is 0.152 e. The highest BCUT2D eigenvalue weighted by atomic mass is 35.5. The largest absolute Gasteiger partial charge is 0.379 e. The molecule has 0 spiro atoms. The number of anilines is 1. The van der Waals surface area contributed by atoms with Crippen molar-refractivity contribution in [3.05, 3.63) is 46.5 Å². The lowest BCUT2D eigenvalue weighted by atomic mass is 10.2.